The molecule has 1 saturated heterocycles. The van der Waals surface area contributed by atoms with Gasteiger partial charge < -0.3 is 10.3 Å². The Hall–Kier alpha value is -1.62. The van der Waals surface area contributed by atoms with Gasteiger partial charge in [0.05, 0.1) is 0 Å². The van der Waals surface area contributed by atoms with Crippen LogP contribution in [0.4, 0.5) is 0 Å². The van der Waals surface area contributed by atoms with Crippen molar-refractivity contribution in [2.75, 3.05) is 19.6 Å². The predicted octanol–water partition coefficient (Wildman–Crippen LogP) is 1.47. The molecule has 3 rings (SSSR count). The fourth-order valence-corrected chi connectivity index (χ4v) is 3.58. The van der Waals surface area contributed by atoms with Gasteiger partial charge in [-0.2, -0.15) is 0 Å². The van der Waals surface area contributed by atoms with Crippen molar-refractivity contribution in [2.24, 2.45) is 0 Å². The monoisotopic (exact) mass is 303 g/mol. The zero-order chi connectivity index (χ0) is 15.5. The largest absolute Gasteiger partial charge is 0.351 e. The number of carbonyl (C=O) groups is 1. The van der Waals surface area contributed by atoms with Crippen LogP contribution >= 0.6 is 0 Å². The molecule has 0 saturated carbocycles. The Morgan fingerprint density at radius 3 is 3.05 bits per heavy atom. The summed E-state index contributed by atoms with van der Waals surface area (Å²) < 4.78 is 0. The third kappa shape index (κ3) is 3.24. The van der Waals surface area contributed by atoms with Crippen molar-refractivity contribution in [2.45, 2.75) is 51.5 Å². The molecule has 1 aromatic rings. The van der Waals surface area contributed by atoms with E-state index >= 15 is 0 Å². The number of piperidine rings is 1. The molecule has 2 N–H and O–H groups in total. The number of aromatic nitrogens is 1. The molecule has 1 aliphatic carbocycles. The maximum absolute atomic E-state index is 12.2. The second-order valence-electron chi connectivity index (χ2n) is 6.51. The average Bonchev–Trinajstić information content (AvgIpc) is 2.95. The molecule has 0 radical (unpaired) electrons. The lowest BCUT2D eigenvalue weighted by molar-refractivity contribution is 0.0937. The summed E-state index contributed by atoms with van der Waals surface area (Å²) in [6, 6.07) is 2.37. The molecule has 1 fully saturated rings. The first-order valence-electron chi connectivity index (χ1n) is 8.42. The lowest BCUT2D eigenvalue weighted by atomic mass is 10.0. The van der Waals surface area contributed by atoms with E-state index in [1.165, 1.54) is 19.3 Å². The molecule has 5 heteroatoms. The molecule has 1 aliphatic heterocycles. The van der Waals surface area contributed by atoms with E-state index in [1.807, 2.05) is 0 Å². The van der Waals surface area contributed by atoms with Crippen LogP contribution in [-0.2, 0) is 12.8 Å². The van der Waals surface area contributed by atoms with E-state index in [0.717, 1.165) is 43.6 Å². The van der Waals surface area contributed by atoms with Crippen molar-refractivity contribution < 1.29 is 4.79 Å². The van der Waals surface area contributed by atoms with Gasteiger partial charge in [-0.25, -0.2) is 0 Å². The van der Waals surface area contributed by atoms with E-state index < -0.39 is 0 Å². The minimum absolute atomic E-state index is 0.249. The number of hydrogen-bond donors (Lipinski definition) is 2. The van der Waals surface area contributed by atoms with Gasteiger partial charge in [-0.3, -0.25) is 14.5 Å². The number of H-pyrrole nitrogens is 1. The number of aromatic amines is 1. The predicted molar refractivity (Wildman–Crippen MR) is 86.3 cm³/mol. The van der Waals surface area contributed by atoms with Gasteiger partial charge in [0.25, 0.3) is 11.5 Å². The van der Waals surface area contributed by atoms with E-state index in [1.54, 1.807) is 6.07 Å². The van der Waals surface area contributed by atoms with E-state index in [4.69, 9.17) is 0 Å². The van der Waals surface area contributed by atoms with Crippen LogP contribution in [0.5, 0.6) is 0 Å². The Morgan fingerprint density at radius 2 is 2.23 bits per heavy atom. The standard InChI is InChI=1S/C17H25N3O2/c1-12-5-2-3-9-20(12)10-8-18-16(21)14-11-13-6-4-7-15(13)19-17(14)22/h11-12H,2-10H2,1H3,(H,18,21)(H,19,22)/t12-/m1/s1. The van der Waals surface area contributed by atoms with Crippen molar-refractivity contribution in [1.82, 2.24) is 15.2 Å². The van der Waals surface area contributed by atoms with Crippen molar-refractivity contribution in [3.05, 3.63) is 33.2 Å². The lowest BCUT2D eigenvalue weighted by Gasteiger charge is -2.33. The molecule has 1 atom stereocenters. The van der Waals surface area contributed by atoms with Gasteiger partial charge in [0.2, 0.25) is 0 Å². The van der Waals surface area contributed by atoms with Gasteiger partial charge in [0, 0.05) is 24.8 Å². The van der Waals surface area contributed by atoms with Gasteiger partial charge in [-0.1, -0.05) is 6.42 Å². The van der Waals surface area contributed by atoms with Crippen LogP contribution < -0.4 is 10.9 Å². The summed E-state index contributed by atoms with van der Waals surface area (Å²) in [7, 11) is 0. The number of nitrogens with zero attached hydrogens (tertiary/aromatic N) is 1. The number of fused-ring (bicyclic) bond motifs is 1. The molecule has 0 unspecified atom stereocenters. The number of likely N-dealkylation sites (tertiary alicyclic amines) is 1. The molecule has 2 heterocycles. The molecule has 0 bridgehead atoms. The highest BCUT2D eigenvalue weighted by Crippen LogP contribution is 2.19. The number of amides is 1. The summed E-state index contributed by atoms with van der Waals surface area (Å²) in [6.07, 6.45) is 6.70. The third-order valence-electron chi connectivity index (χ3n) is 4.96. The highest BCUT2D eigenvalue weighted by molar-refractivity contribution is 5.94. The van der Waals surface area contributed by atoms with Gasteiger partial charge in [0.1, 0.15) is 5.56 Å². The zero-order valence-electron chi connectivity index (χ0n) is 13.3. The smallest absolute Gasteiger partial charge is 0.261 e. The first-order chi connectivity index (χ1) is 10.6. The van der Waals surface area contributed by atoms with Gasteiger partial charge in [-0.15, -0.1) is 0 Å². The normalized spacial score (nSPS) is 21.6. The number of rotatable bonds is 4. The summed E-state index contributed by atoms with van der Waals surface area (Å²) in [4.78, 5) is 29.5. The number of pyridine rings is 1. The molecular weight excluding hydrogens is 278 g/mol. The first-order valence-corrected chi connectivity index (χ1v) is 8.42. The SMILES string of the molecule is C[C@@H]1CCCCN1CCNC(=O)c1cc2c([nH]c1=O)CCC2. The van der Waals surface area contributed by atoms with E-state index in [2.05, 4.69) is 22.1 Å². The number of aryl methyl sites for hydroxylation is 2. The first kappa shape index (κ1) is 15.3. The van der Waals surface area contributed by atoms with Gasteiger partial charge in [0.15, 0.2) is 0 Å². The van der Waals surface area contributed by atoms with Gasteiger partial charge in [-0.05, 0) is 57.2 Å². The van der Waals surface area contributed by atoms with E-state index in [-0.39, 0.29) is 17.0 Å². The molecule has 120 valence electrons. The van der Waals surface area contributed by atoms with E-state index in [9.17, 15) is 9.59 Å². The molecule has 5 nitrogen and oxygen atoms in total. The zero-order valence-corrected chi connectivity index (χ0v) is 13.3. The van der Waals surface area contributed by atoms with Crippen LogP contribution in [0.1, 0.15) is 54.2 Å². The maximum Gasteiger partial charge on any atom is 0.261 e. The maximum atomic E-state index is 12.2. The Bertz CT molecular complexity index is 608. The Kier molecular flexibility index (Phi) is 4.62. The molecule has 0 aromatic carbocycles. The highest BCUT2D eigenvalue weighted by atomic mass is 16.2. The Balaban J connectivity index is 1.57. The minimum atomic E-state index is -0.260. The third-order valence-corrected chi connectivity index (χ3v) is 4.96. The summed E-state index contributed by atoms with van der Waals surface area (Å²) in [5.74, 6) is -0.249. The fourth-order valence-electron chi connectivity index (χ4n) is 3.58. The summed E-state index contributed by atoms with van der Waals surface area (Å²) in [5, 5.41) is 2.90. The number of hydrogen-bond acceptors (Lipinski definition) is 3. The molecule has 22 heavy (non-hydrogen) atoms. The van der Waals surface area contributed by atoms with Crippen molar-refractivity contribution in [3.8, 4) is 0 Å². The van der Waals surface area contributed by atoms with Crippen LogP contribution in [-0.4, -0.2) is 41.5 Å². The summed E-state index contributed by atoms with van der Waals surface area (Å²) >= 11 is 0. The van der Waals surface area contributed by atoms with Crippen molar-refractivity contribution in [3.63, 3.8) is 0 Å². The fraction of sp³-hybridized carbons (Fsp3) is 0.647. The topological polar surface area (TPSA) is 65.2 Å². The van der Waals surface area contributed by atoms with Crippen LogP contribution in [0.15, 0.2) is 10.9 Å². The van der Waals surface area contributed by atoms with Crippen LogP contribution in [0.3, 0.4) is 0 Å². The second kappa shape index (κ2) is 6.65. The van der Waals surface area contributed by atoms with Crippen molar-refractivity contribution in [1.29, 1.82) is 0 Å². The molecular formula is C17H25N3O2. The average molecular weight is 303 g/mol. The van der Waals surface area contributed by atoms with Crippen LogP contribution in [0.25, 0.3) is 0 Å². The highest BCUT2D eigenvalue weighted by Gasteiger charge is 2.20. The van der Waals surface area contributed by atoms with Crippen LogP contribution in [0.2, 0.25) is 0 Å². The van der Waals surface area contributed by atoms with Crippen LogP contribution in [0, 0.1) is 0 Å². The number of nitrogens with one attached hydrogen (secondary N) is 2. The van der Waals surface area contributed by atoms with Gasteiger partial charge >= 0.3 is 0 Å². The molecule has 0 spiro atoms. The lowest BCUT2D eigenvalue weighted by Crippen LogP contribution is -2.43. The molecule has 1 amide bonds. The number of carbonyl (C=O) groups excluding carboxylic acids is 1. The minimum Gasteiger partial charge on any atom is -0.351 e. The van der Waals surface area contributed by atoms with Crippen molar-refractivity contribution >= 4 is 5.91 Å². The van der Waals surface area contributed by atoms with E-state index in [0.29, 0.717) is 12.6 Å². The Labute approximate surface area is 131 Å². The summed E-state index contributed by atoms with van der Waals surface area (Å²) in [5.41, 5.74) is 2.12. The molecule has 1 aromatic heterocycles. The Morgan fingerprint density at radius 1 is 1.36 bits per heavy atom. The molecule has 2 aliphatic rings. The second-order valence-corrected chi connectivity index (χ2v) is 6.51. The quantitative estimate of drug-likeness (QED) is 0.885. The summed E-state index contributed by atoms with van der Waals surface area (Å²) in [6.45, 7) is 4.80.